The summed E-state index contributed by atoms with van der Waals surface area (Å²) in [6.07, 6.45) is 0.706. The lowest BCUT2D eigenvalue weighted by molar-refractivity contribution is -0.115. The van der Waals surface area contributed by atoms with Gasteiger partial charge in [-0.1, -0.05) is 24.6 Å². The van der Waals surface area contributed by atoms with Crippen LogP contribution in [0.4, 0.5) is 5.69 Å². The highest BCUT2D eigenvalue weighted by molar-refractivity contribution is 8.00. The largest absolute Gasteiger partial charge is 0.478 e. The number of aromatic carboxylic acids is 1. The molecule has 0 aromatic heterocycles. The molecule has 2 aromatic rings. The molecular weight excluding hydrogens is 310 g/mol. The molecule has 4 nitrogen and oxygen atoms in total. The van der Waals surface area contributed by atoms with Crippen LogP contribution in [0, 0.1) is 6.92 Å². The SMILES string of the molecule is CCC(Sc1ccc(C)cc1)C(=O)Nc1ccc(C(=O)O)cc1. The van der Waals surface area contributed by atoms with Crippen molar-refractivity contribution in [3.8, 4) is 0 Å². The summed E-state index contributed by atoms with van der Waals surface area (Å²) in [6.45, 7) is 4.00. The Morgan fingerprint density at radius 2 is 1.70 bits per heavy atom. The van der Waals surface area contributed by atoms with Crippen molar-refractivity contribution in [3.63, 3.8) is 0 Å². The Morgan fingerprint density at radius 1 is 1.09 bits per heavy atom. The molecule has 5 heteroatoms. The molecule has 0 saturated carbocycles. The molecule has 0 aliphatic carbocycles. The lowest BCUT2D eigenvalue weighted by Gasteiger charge is -2.15. The smallest absolute Gasteiger partial charge is 0.335 e. The minimum absolute atomic E-state index is 0.0823. The molecule has 0 aliphatic heterocycles. The van der Waals surface area contributed by atoms with Crippen molar-refractivity contribution >= 4 is 29.3 Å². The zero-order valence-corrected chi connectivity index (χ0v) is 13.9. The Morgan fingerprint density at radius 3 is 2.22 bits per heavy atom. The van der Waals surface area contributed by atoms with Crippen LogP contribution in [0.1, 0.15) is 29.3 Å². The minimum Gasteiger partial charge on any atom is -0.478 e. The number of rotatable bonds is 6. The van der Waals surface area contributed by atoms with Crippen LogP contribution >= 0.6 is 11.8 Å². The Labute approximate surface area is 139 Å². The molecule has 120 valence electrons. The number of carboxylic acid groups (broad SMARTS) is 1. The number of hydrogen-bond acceptors (Lipinski definition) is 3. The second kappa shape index (κ2) is 7.83. The van der Waals surface area contributed by atoms with Crippen LogP contribution in [0.25, 0.3) is 0 Å². The number of anilines is 1. The van der Waals surface area contributed by atoms with Crippen LogP contribution in [-0.2, 0) is 4.79 Å². The summed E-state index contributed by atoms with van der Waals surface area (Å²) in [6, 6.07) is 14.2. The van der Waals surface area contributed by atoms with E-state index in [1.165, 1.54) is 29.5 Å². The van der Waals surface area contributed by atoms with Gasteiger partial charge in [0.05, 0.1) is 10.8 Å². The summed E-state index contributed by atoms with van der Waals surface area (Å²) in [5.74, 6) is -1.06. The summed E-state index contributed by atoms with van der Waals surface area (Å²) >= 11 is 1.53. The quantitative estimate of drug-likeness (QED) is 0.779. The number of carbonyl (C=O) groups is 2. The van der Waals surface area contributed by atoms with Crippen LogP contribution in [-0.4, -0.2) is 22.2 Å². The number of benzene rings is 2. The predicted molar refractivity (Wildman–Crippen MR) is 93.1 cm³/mol. The molecule has 0 radical (unpaired) electrons. The van der Waals surface area contributed by atoms with Crippen molar-refractivity contribution in [3.05, 3.63) is 59.7 Å². The molecule has 0 bridgehead atoms. The number of nitrogens with one attached hydrogen (secondary N) is 1. The lowest BCUT2D eigenvalue weighted by atomic mass is 10.2. The summed E-state index contributed by atoms with van der Waals surface area (Å²) in [4.78, 5) is 24.3. The second-order valence-corrected chi connectivity index (χ2v) is 6.48. The zero-order chi connectivity index (χ0) is 16.8. The van der Waals surface area contributed by atoms with Gasteiger partial charge in [-0.3, -0.25) is 4.79 Å². The van der Waals surface area contributed by atoms with Gasteiger partial charge < -0.3 is 10.4 Å². The molecule has 0 heterocycles. The van der Waals surface area contributed by atoms with Gasteiger partial charge in [-0.05, 0) is 49.7 Å². The second-order valence-electron chi connectivity index (χ2n) is 5.20. The van der Waals surface area contributed by atoms with Gasteiger partial charge in [-0.2, -0.15) is 0 Å². The topological polar surface area (TPSA) is 66.4 Å². The third-order valence-corrected chi connectivity index (χ3v) is 4.74. The van der Waals surface area contributed by atoms with Crippen LogP contribution in [0.5, 0.6) is 0 Å². The van der Waals surface area contributed by atoms with Crippen molar-refractivity contribution in [2.24, 2.45) is 0 Å². The van der Waals surface area contributed by atoms with E-state index in [4.69, 9.17) is 5.11 Å². The molecule has 1 atom stereocenters. The highest BCUT2D eigenvalue weighted by Crippen LogP contribution is 2.26. The maximum absolute atomic E-state index is 12.4. The fraction of sp³-hybridized carbons (Fsp3) is 0.222. The van der Waals surface area contributed by atoms with Gasteiger partial charge in [0.25, 0.3) is 0 Å². The van der Waals surface area contributed by atoms with Gasteiger partial charge in [-0.25, -0.2) is 4.79 Å². The van der Waals surface area contributed by atoms with Gasteiger partial charge >= 0.3 is 5.97 Å². The average Bonchev–Trinajstić information content (AvgIpc) is 2.54. The first-order valence-electron chi connectivity index (χ1n) is 7.37. The molecule has 1 amide bonds. The number of hydrogen-bond donors (Lipinski definition) is 2. The van der Waals surface area contributed by atoms with E-state index in [0.717, 1.165) is 4.90 Å². The van der Waals surface area contributed by atoms with Crippen molar-refractivity contribution in [2.75, 3.05) is 5.32 Å². The highest BCUT2D eigenvalue weighted by atomic mass is 32.2. The zero-order valence-electron chi connectivity index (χ0n) is 13.1. The molecule has 0 aliphatic rings. The van der Waals surface area contributed by atoms with Crippen molar-refractivity contribution < 1.29 is 14.7 Å². The first-order valence-corrected chi connectivity index (χ1v) is 8.25. The van der Waals surface area contributed by atoms with Crippen molar-refractivity contribution in [1.82, 2.24) is 0 Å². The molecule has 2 rings (SSSR count). The average molecular weight is 329 g/mol. The van der Waals surface area contributed by atoms with Crippen molar-refractivity contribution in [2.45, 2.75) is 30.4 Å². The minimum atomic E-state index is -0.982. The van der Waals surface area contributed by atoms with Crippen LogP contribution in [0.2, 0.25) is 0 Å². The van der Waals surface area contributed by atoms with E-state index in [2.05, 4.69) is 5.32 Å². The fourth-order valence-corrected chi connectivity index (χ4v) is 2.98. The third-order valence-electron chi connectivity index (χ3n) is 3.36. The molecular formula is C18H19NO3S. The van der Waals surface area contributed by atoms with Gasteiger partial charge in [0.15, 0.2) is 0 Å². The number of aryl methyl sites for hydroxylation is 1. The Kier molecular flexibility index (Phi) is 5.82. The van der Waals surface area contributed by atoms with Gasteiger partial charge in [0.1, 0.15) is 0 Å². The first-order chi connectivity index (χ1) is 11.0. The fourth-order valence-electron chi connectivity index (χ4n) is 2.02. The number of amides is 1. The number of thioether (sulfide) groups is 1. The maximum Gasteiger partial charge on any atom is 0.335 e. The van der Waals surface area contributed by atoms with E-state index < -0.39 is 5.97 Å². The van der Waals surface area contributed by atoms with E-state index in [0.29, 0.717) is 12.1 Å². The van der Waals surface area contributed by atoms with E-state index in [1.54, 1.807) is 12.1 Å². The first kappa shape index (κ1) is 17.1. The summed E-state index contributed by atoms with van der Waals surface area (Å²) in [5, 5.41) is 11.5. The number of carbonyl (C=O) groups excluding carboxylic acids is 1. The molecule has 2 aromatic carbocycles. The highest BCUT2D eigenvalue weighted by Gasteiger charge is 2.18. The van der Waals surface area contributed by atoms with Crippen LogP contribution in [0.15, 0.2) is 53.4 Å². The standard InChI is InChI=1S/C18H19NO3S/c1-3-16(23-15-10-4-12(2)5-11-15)17(20)19-14-8-6-13(7-9-14)18(21)22/h4-11,16H,3H2,1-2H3,(H,19,20)(H,21,22). The Hall–Kier alpha value is -2.27. The maximum atomic E-state index is 12.4. The van der Waals surface area contributed by atoms with E-state index in [-0.39, 0.29) is 16.7 Å². The molecule has 23 heavy (non-hydrogen) atoms. The molecule has 1 unspecified atom stereocenters. The third kappa shape index (κ3) is 4.86. The molecule has 0 saturated heterocycles. The monoisotopic (exact) mass is 329 g/mol. The van der Waals surface area contributed by atoms with Crippen molar-refractivity contribution in [1.29, 1.82) is 0 Å². The molecule has 2 N–H and O–H groups in total. The van der Waals surface area contributed by atoms with Crippen LogP contribution in [0.3, 0.4) is 0 Å². The van der Waals surface area contributed by atoms with Crippen LogP contribution < -0.4 is 5.32 Å². The summed E-state index contributed by atoms with van der Waals surface area (Å²) in [5.41, 5.74) is 1.98. The predicted octanol–water partition coefficient (Wildman–Crippen LogP) is 4.20. The Balaban J connectivity index is 2.01. The number of carboxylic acids is 1. The molecule has 0 spiro atoms. The normalized spacial score (nSPS) is 11.7. The van der Waals surface area contributed by atoms with Gasteiger partial charge in [0, 0.05) is 10.6 Å². The van der Waals surface area contributed by atoms with Gasteiger partial charge in [0.2, 0.25) is 5.91 Å². The van der Waals surface area contributed by atoms with E-state index in [1.807, 2.05) is 38.1 Å². The lowest BCUT2D eigenvalue weighted by Crippen LogP contribution is -2.24. The van der Waals surface area contributed by atoms with E-state index in [9.17, 15) is 9.59 Å². The Bertz CT molecular complexity index is 680. The van der Waals surface area contributed by atoms with Gasteiger partial charge in [-0.15, -0.1) is 11.8 Å². The summed E-state index contributed by atoms with van der Waals surface area (Å²) < 4.78 is 0. The molecule has 0 fully saturated rings. The summed E-state index contributed by atoms with van der Waals surface area (Å²) in [7, 11) is 0. The van der Waals surface area contributed by atoms with E-state index >= 15 is 0 Å².